The van der Waals surface area contributed by atoms with Gasteiger partial charge in [-0.25, -0.2) is 9.67 Å². The second kappa shape index (κ2) is 4.88. The first kappa shape index (κ1) is 10.9. The van der Waals surface area contributed by atoms with Gasteiger partial charge in [0.15, 0.2) is 0 Å². The van der Waals surface area contributed by atoms with E-state index in [0.717, 1.165) is 4.68 Å². The normalized spacial score (nSPS) is 11.8. The fourth-order valence-electron chi connectivity index (χ4n) is 0.904. The highest BCUT2D eigenvalue weighted by molar-refractivity contribution is 5.08. The van der Waals surface area contributed by atoms with Crippen LogP contribution >= 0.6 is 0 Å². The number of azide groups is 1. The van der Waals surface area contributed by atoms with E-state index in [1.165, 1.54) is 6.33 Å². The zero-order chi connectivity index (χ0) is 11.3. The summed E-state index contributed by atoms with van der Waals surface area (Å²) in [5.41, 5.74) is 8.06. The van der Waals surface area contributed by atoms with Crippen molar-refractivity contribution in [2.45, 2.75) is 12.6 Å². The van der Waals surface area contributed by atoms with Crippen LogP contribution in [0.3, 0.4) is 0 Å². The lowest BCUT2D eigenvalue weighted by atomic mass is 10.4. The molecule has 1 aromatic rings. The molecule has 1 atom stereocenters. The van der Waals surface area contributed by atoms with Crippen LogP contribution in [0.15, 0.2) is 11.4 Å². The molecule has 0 aromatic carbocycles. The van der Waals surface area contributed by atoms with Crippen LogP contribution in [0.2, 0.25) is 0 Å². The highest BCUT2D eigenvalue weighted by atomic mass is 16.6. The third-order valence-electron chi connectivity index (χ3n) is 1.42. The Labute approximate surface area is 82.9 Å². The van der Waals surface area contributed by atoms with Crippen LogP contribution < -0.4 is 0 Å². The number of hydrogen-bond donors (Lipinski definition) is 1. The molecule has 10 nitrogen and oxygen atoms in total. The van der Waals surface area contributed by atoms with Gasteiger partial charge in [0.2, 0.25) is 12.5 Å². The number of nitro groups is 1. The largest absolute Gasteiger partial charge is 0.384 e. The second-order valence-electron chi connectivity index (χ2n) is 2.63. The van der Waals surface area contributed by atoms with Crippen molar-refractivity contribution in [2.75, 3.05) is 6.54 Å². The molecular formula is C5H7N7O3. The summed E-state index contributed by atoms with van der Waals surface area (Å²) in [6.45, 7) is -0.647. The van der Waals surface area contributed by atoms with Crippen LogP contribution in [0.5, 0.6) is 0 Å². The Morgan fingerprint density at radius 2 is 2.60 bits per heavy atom. The minimum Gasteiger partial charge on any atom is -0.384 e. The molecule has 1 rings (SSSR count). The van der Waals surface area contributed by atoms with Gasteiger partial charge in [0.1, 0.15) is 12.4 Å². The van der Waals surface area contributed by atoms with Gasteiger partial charge in [-0.1, -0.05) is 0 Å². The van der Waals surface area contributed by atoms with Crippen molar-refractivity contribution in [3.8, 4) is 0 Å². The number of aliphatic hydroxyl groups is 1. The Balaban J connectivity index is 2.56. The molecule has 0 aliphatic heterocycles. The van der Waals surface area contributed by atoms with Crippen molar-refractivity contribution in [3.63, 3.8) is 0 Å². The summed E-state index contributed by atoms with van der Waals surface area (Å²) in [5, 5.41) is 26.0. The third kappa shape index (κ3) is 3.58. The van der Waals surface area contributed by atoms with Crippen LogP contribution in [0, 0.1) is 10.1 Å². The van der Waals surface area contributed by atoms with E-state index in [-0.39, 0.29) is 12.5 Å². The maximum Gasteiger partial charge on any atom is 0.237 e. The topological polar surface area (TPSA) is 143 Å². The Morgan fingerprint density at radius 1 is 1.87 bits per heavy atom. The fourth-order valence-corrected chi connectivity index (χ4v) is 0.904. The lowest BCUT2D eigenvalue weighted by molar-refractivity contribution is -0.490. The fraction of sp³-hybridized carbons (Fsp3) is 0.600. The summed E-state index contributed by atoms with van der Waals surface area (Å²) >= 11 is 0. The van der Waals surface area contributed by atoms with Gasteiger partial charge in [-0.15, -0.1) is 5.10 Å². The number of nitrogens with zero attached hydrogens (tertiary/aromatic N) is 7. The van der Waals surface area contributed by atoms with Crippen molar-refractivity contribution in [3.05, 3.63) is 26.9 Å². The molecule has 0 bridgehead atoms. The van der Waals surface area contributed by atoms with Crippen LogP contribution in [-0.4, -0.2) is 37.4 Å². The van der Waals surface area contributed by atoms with E-state index in [1.807, 2.05) is 0 Å². The highest BCUT2D eigenvalue weighted by Gasteiger charge is 2.12. The van der Waals surface area contributed by atoms with E-state index in [4.69, 9.17) is 5.53 Å². The minimum atomic E-state index is -1.15. The monoisotopic (exact) mass is 213 g/mol. The minimum absolute atomic E-state index is 0.0745. The van der Waals surface area contributed by atoms with E-state index in [0.29, 0.717) is 0 Å². The second-order valence-corrected chi connectivity index (χ2v) is 2.63. The predicted molar refractivity (Wildman–Crippen MR) is 46.7 cm³/mol. The van der Waals surface area contributed by atoms with Crippen molar-refractivity contribution < 1.29 is 10.0 Å². The number of aromatic nitrogens is 3. The number of rotatable bonds is 5. The maximum atomic E-state index is 10.0. The van der Waals surface area contributed by atoms with Gasteiger partial charge < -0.3 is 5.11 Å². The molecule has 1 N–H and O–H groups in total. The third-order valence-corrected chi connectivity index (χ3v) is 1.42. The average molecular weight is 213 g/mol. The molecule has 15 heavy (non-hydrogen) atoms. The van der Waals surface area contributed by atoms with Crippen molar-refractivity contribution in [2.24, 2.45) is 5.11 Å². The summed E-state index contributed by atoms with van der Waals surface area (Å²) in [6.07, 6.45) is 0.0632. The van der Waals surface area contributed by atoms with Gasteiger partial charge in [-0.2, -0.15) is 0 Å². The molecular weight excluding hydrogens is 206 g/mol. The number of hydrogen-bond acceptors (Lipinski definition) is 6. The summed E-state index contributed by atoms with van der Waals surface area (Å²) < 4.78 is 1.16. The van der Waals surface area contributed by atoms with E-state index in [9.17, 15) is 15.2 Å². The molecule has 0 fully saturated rings. The van der Waals surface area contributed by atoms with Gasteiger partial charge >= 0.3 is 0 Å². The Hall–Kier alpha value is -2.19. The van der Waals surface area contributed by atoms with Gasteiger partial charge in [-0.3, -0.25) is 10.1 Å². The molecule has 0 saturated heterocycles. The quantitative estimate of drug-likeness (QED) is 0.238. The zero-order valence-electron chi connectivity index (χ0n) is 7.46. The molecule has 80 valence electrons. The molecule has 1 heterocycles. The standard InChI is InChI=1S/C5H7N7O3/c6-10-8-5-7-3-11(9-5)1-4(13)2-12(14)15/h3-4,13H,1-2H2. The van der Waals surface area contributed by atoms with Gasteiger partial charge in [-0.05, 0) is 10.6 Å². The van der Waals surface area contributed by atoms with E-state index >= 15 is 0 Å². The lowest BCUT2D eigenvalue weighted by Crippen LogP contribution is -2.25. The van der Waals surface area contributed by atoms with Crippen LogP contribution in [0.1, 0.15) is 0 Å². The highest BCUT2D eigenvalue weighted by Crippen LogP contribution is 2.02. The predicted octanol–water partition coefficient (Wildman–Crippen LogP) is -0.143. The lowest BCUT2D eigenvalue weighted by Gasteiger charge is -2.04. The summed E-state index contributed by atoms with van der Waals surface area (Å²) in [7, 11) is 0. The van der Waals surface area contributed by atoms with Gasteiger partial charge in [0.25, 0.3) is 0 Å². The number of aliphatic hydroxyl groups excluding tert-OH is 1. The smallest absolute Gasteiger partial charge is 0.237 e. The van der Waals surface area contributed by atoms with Crippen LogP contribution in [-0.2, 0) is 6.54 Å². The first-order valence-corrected chi connectivity index (χ1v) is 3.86. The van der Waals surface area contributed by atoms with Gasteiger partial charge in [0.05, 0.1) is 6.54 Å². The van der Waals surface area contributed by atoms with Crippen LogP contribution in [0.4, 0.5) is 5.95 Å². The van der Waals surface area contributed by atoms with Crippen molar-refractivity contribution >= 4 is 5.95 Å². The van der Waals surface area contributed by atoms with Crippen molar-refractivity contribution in [1.29, 1.82) is 0 Å². The Kier molecular flexibility index (Phi) is 3.55. The molecule has 0 saturated carbocycles. The molecule has 1 unspecified atom stereocenters. The first-order chi connectivity index (χ1) is 7.11. The molecule has 1 aromatic heterocycles. The summed E-state index contributed by atoms with van der Waals surface area (Å²) in [4.78, 5) is 15.5. The van der Waals surface area contributed by atoms with E-state index in [2.05, 4.69) is 20.1 Å². The SMILES string of the molecule is [N-]=[N+]=Nc1ncn(CC(O)C[N+](=O)[O-])n1. The van der Waals surface area contributed by atoms with Gasteiger partial charge in [0, 0.05) is 9.84 Å². The molecule has 0 radical (unpaired) electrons. The van der Waals surface area contributed by atoms with E-state index in [1.54, 1.807) is 0 Å². The van der Waals surface area contributed by atoms with E-state index < -0.39 is 17.6 Å². The average Bonchev–Trinajstić information content (AvgIpc) is 2.51. The zero-order valence-corrected chi connectivity index (χ0v) is 7.46. The van der Waals surface area contributed by atoms with Crippen LogP contribution in [0.25, 0.3) is 10.4 Å². The summed E-state index contributed by atoms with van der Waals surface area (Å²) in [6, 6.07) is 0. The molecule has 0 spiro atoms. The Bertz CT molecular complexity index is 395. The first-order valence-electron chi connectivity index (χ1n) is 3.86. The molecule has 0 aliphatic rings. The summed E-state index contributed by atoms with van der Waals surface area (Å²) in [5.74, 6) is -0.0918. The van der Waals surface area contributed by atoms with Crippen molar-refractivity contribution in [1.82, 2.24) is 14.8 Å². The molecule has 0 amide bonds. The molecule has 10 heteroatoms. The Morgan fingerprint density at radius 3 is 3.20 bits per heavy atom. The maximum absolute atomic E-state index is 10.0. The molecule has 0 aliphatic carbocycles.